The predicted octanol–water partition coefficient (Wildman–Crippen LogP) is 1.20. The number of hydrogen-bond acceptors (Lipinski definition) is 4. The highest BCUT2D eigenvalue weighted by atomic mass is 32.2. The smallest absolute Gasteiger partial charge is 0.283 e. The Kier molecular flexibility index (Phi) is 2.91. The molecule has 2 N–H and O–H groups in total. The average molecular weight is 270 g/mol. The summed E-state index contributed by atoms with van der Waals surface area (Å²) in [5.41, 5.74) is 0.245. The van der Waals surface area contributed by atoms with Crippen molar-refractivity contribution in [3.63, 3.8) is 0 Å². The van der Waals surface area contributed by atoms with Gasteiger partial charge >= 0.3 is 0 Å². The van der Waals surface area contributed by atoms with Crippen molar-refractivity contribution in [3.05, 3.63) is 29.2 Å². The summed E-state index contributed by atoms with van der Waals surface area (Å²) in [6, 6.07) is 4.92. The molecular weight excluding hydrogens is 258 g/mol. The number of nitrogens with one attached hydrogen (secondary N) is 1. The van der Waals surface area contributed by atoms with E-state index in [-0.39, 0.29) is 22.5 Å². The van der Waals surface area contributed by atoms with Gasteiger partial charge in [-0.25, -0.2) is 0 Å². The molecular formula is C10H12N3O4S+. The van der Waals surface area contributed by atoms with Gasteiger partial charge in [-0.15, -0.1) is 0 Å². The molecule has 1 unspecified atom stereocenters. The lowest BCUT2D eigenvalue weighted by atomic mass is 10.2. The van der Waals surface area contributed by atoms with Gasteiger partial charge in [0.2, 0.25) is 6.04 Å². The van der Waals surface area contributed by atoms with Crippen LogP contribution in [-0.4, -0.2) is 29.7 Å². The van der Waals surface area contributed by atoms with Crippen LogP contribution >= 0.6 is 0 Å². The largest absolute Gasteiger partial charge is 0.294 e. The lowest BCUT2D eigenvalue weighted by Crippen LogP contribution is -2.31. The third-order valence-electron chi connectivity index (χ3n) is 2.68. The van der Waals surface area contributed by atoms with Crippen LogP contribution in [0.2, 0.25) is 0 Å². The second-order valence-electron chi connectivity index (χ2n) is 4.09. The number of amidine groups is 1. The number of hydrogen-bond donors (Lipinski definition) is 2. The number of nitrogens with zero attached hydrogens (tertiary/aromatic N) is 2. The van der Waals surface area contributed by atoms with Gasteiger partial charge in [-0.05, 0) is 18.2 Å². The van der Waals surface area contributed by atoms with Crippen molar-refractivity contribution >= 4 is 21.6 Å². The quantitative estimate of drug-likeness (QED) is 0.621. The van der Waals surface area contributed by atoms with E-state index in [0.717, 1.165) is 11.1 Å². The Hall–Kier alpha value is -1.80. The molecule has 0 radical (unpaired) electrons. The summed E-state index contributed by atoms with van der Waals surface area (Å²) >= 11 is 0. The standard InChI is InChI=1S/C10H11N3O4S/c1-7-5-10(11)12(13(7)14)8-3-2-4-9(6-8)18(15,16)17/h2-4,6-7,11H,5H2,1H3/p+1. The third kappa shape index (κ3) is 2.12. The van der Waals surface area contributed by atoms with Gasteiger partial charge in [0.05, 0.1) is 16.2 Å². The van der Waals surface area contributed by atoms with Crippen molar-refractivity contribution in [2.75, 3.05) is 5.01 Å². The van der Waals surface area contributed by atoms with Crippen LogP contribution in [0.1, 0.15) is 13.3 Å². The van der Waals surface area contributed by atoms with Crippen LogP contribution < -0.4 is 5.01 Å². The van der Waals surface area contributed by atoms with Gasteiger partial charge in [-0.3, -0.25) is 9.96 Å². The molecule has 0 aromatic heterocycles. The zero-order chi connectivity index (χ0) is 13.5. The minimum atomic E-state index is -4.32. The van der Waals surface area contributed by atoms with E-state index in [1.807, 2.05) is 0 Å². The lowest BCUT2D eigenvalue weighted by Gasteiger charge is -2.08. The van der Waals surface area contributed by atoms with Gasteiger partial charge in [0, 0.05) is 6.92 Å². The first kappa shape index (κ1) is 12.7. The molecule has 1 aromatic rings. The molecule has 0 bridgehead atoms. The van der Waals surface area contributed by atoms with Crippen LogP contribution in [0.4, 0.5) is 5.69 Å². The lowest BCUT2D eigenvalue weighted by molar-refractivity contribution is -0.569. The fraction of sp³-hybridized carbons (Fsp3) is 0.300. The molecule has 1 heterocycles. The SMILES string of the molecule is CC1CC(=N)N(c2cccc(S(=O)(=O)O)c2)[N+]1=O. The van der Waals surface area contributed by atoms with Crippen LogP contribution in [0.5, 0.6) is 0 Å². The van der Waals surface area contributed by atoms with Crippen molar-refractivity contribution < 1.29 is 17.8 Å². The maximum Gasteiger partial charge on any atom is 0.294 e. The molecule has 96 valence electrons. The van der Waals surface area contributed by atoms with Gasteiger partial charge in [0.25, 0.3) is 10.1 Å². The van der Waals surface area contributed by atoms with Crippen molar-refractivity contribution in [3.8, 4) is 0 Å². The number of rotatable bonds is 2. The normalized spacial score (nSPS) is 20.6. The van der Waals surface area contributed by atoms with E-state index in [4.69, 9.17) is 9.96 Å². The molecule has 0 aliphatic carbocycles. The van der Waals surface area contributed by atoms with Crippen molar-refractivity contribution in [2.24, 2.45) is 0 Å². The second kappa shape index (κ2) is 4.14. The zero-order valence-corrected chi connectivity index (χ0v) is 10.4. The van der Waals surface area contributed by atoms with E-state index in [0.29, 0.717) is 11.3 Å². The molecule has 1 atom stereocenters. The summed E-state index contributed by atoms with van der Waals surface area (Å²) in [5, 5.41) is 8.79. The summed E-state index contributed by atoms with van der Waals surface area (Å²) < 4.78 is 31.0. The third-order valence-corrected chi connectivity index (χ3v) is 3.53. The van der Waals surface area contributed by atoms with Crippen LogP contribution in [0.15, 0.2) is 29.2 Å². The Morgan fingerprint density at radius 3 is 2.67 bits per heavy atom. The predicted molar refractivity (Wildman–Crippen MR) is 64.2 cm³/mol. The molecule has 18 heavy (non-hydrogen) atoms. The Morgan fingerprint density at radius 1 is 1.50 bits per heavy atom. The summed E-state index contributed by atoms with van der Waals surface area (Å²) in [6.45, 7) is 1.67. The van der Waals surface area contributed by atoms with E-state index in [1.54, 1.807) is 6.92 Å². The van der Waals surface area contributed by atoms with Crippen LogP contribution in [-0.2, 0) is 10.1 Å². The molecule has 2 rings (SSSR count). The summed E-state index contributed by atoms with van der Waals surface area (Å²) in [4.78, 5) is 12.1. The van der Waals surface area contributed by atoms with E-state index < -0.39 is 10.1 Å². The summed E-state index contributed by atoms with van der Waals surface area (Å²) in [7, 11) is -4.32. The van der Waals surface area contributed by atoms with E-state index >= 15 is 0 Å². The van der Waals surface area contributed by atoms with Crippen molar-refractivity contribution in [2.45, 2.75) is 24.3 Å². The Bertz CT molecular complexity index is 626. The van der Waals surface area contributed by atoms with Gasteiger partial charge in [-0.1, -0.05) is 11.1 Å². The summed E-state index contributed by atoms with van der Waals surface area (Å²) in [5.74, 6) is 0.0880. The maximum atomic E-state index is 11.8. The minimum absolute atomic E-state index is 0.0880. The maximum absolute atomic E-state index is 11.8. The fourth-order valence-electron chi connectivity index (χ4n) is 1.81. The number of nitroso groups, excluding NO2 is 1. The van der Waals surface area contributed by atoms with Crippen molar-refractivity contribution in [1.29, 1.82) is 5.41 Å². The van der Waals surface area contributed by atoms with Gasteiger partial charge in [0.1, 0.15) is 10.6 Å². The molecule has 1 aliphatic rings. The van der Waals surface area contributed by atoms with Crippen molar-refractivity contribution in [1.82, 2.24) is 0 Å². The minimum Gasteiger partial charge on any atom is -0.283 e. The molecule has 0 amide bonds. The highest BCUT2D eigenvalue weighted by molar-refractivity contribution is 7.85. The Morgan fingerprint density at radius 2 is 2.17 bits per heavy atom. The highest BCUT2D eigenvalue weighted by Gasteiger charge is 2.42. The first-order valence-electron chi connectivity index (χ1n) is 5.22. The molecule has 0 spiro atoms. The topological polar surface area (TPSA) is 102 Å². The Labute approximate surface area is 104 Å². The monoisotopic (exact) mass is 270 g/mol. The number of hydrazine groups is 1. The zero-order valence-electron chi connectivity index (χ0n) is 9.57. The fourth-order valence-corrected chi connectivity index (χ4v) is 2.33. The van der Waals surface area contributed by atoms with Crippen LogP contribution in [0, 0.1) is 10.3 Å². The number of benzene rings is 1. The molecule has 1 aliphatic heterocycles. The average Bonchev–Trinajstić information content (AvgIpc) is 2.52. The van der Waals surface area contributed by atoms with E-state index in [1.165, 1.54) is 18.2 Å². The van der Waals surface area contributed by atoms with Gasteiger partial charge < -0.3 is 0 Å². The van der Waals surface area contributed by atoms with Crippen LogP contribution in [0.25, 0.3) is 0 Å². The number of anilines is 1. The molecule has 1 fully saturated rings. The molecule has 7 nitrogen and oxygen atoms in total. The molecule has 8 heteroatoms. The van der Waals surface area contributed by atoms with E-state index in [2.05, 4.69) is 0 Å². The highest BCUT2D eigenvalue weighted by Crippen LogP contribution is 2.25. The van der Waals surface area contributed by atoms with E-state index in [9.17, 15) is 13.3 Å². The second-order valence-corrected chi connectivity index (χ2v) is 5.51. The van der Waals surface area contributed by atoms with Crippen LogP contribution in [0.3, 0.4) is 0 Å². The molecule has 0 saturated carbocycles. The first-order valence-corrected chi connectivity index (χ1v) is 6.66. The molecule has 1 aromatic carbocycles. The van der Waals surface area contributed by atoms with Gasteiger partial charge in [-0.2, -0.15) is 8.42 Å². The Balaban J connectivity index is 2.47. The first-order chi connectivity index (χ1) is 8.30. The summed E-state index contributed by atoms with van der Waals surface area (Å²) in [6.07, 6.45) is 0.291. The molecule has 1 saturated heterocycles. The van der Waals surface area contributed by atoms with Gasteiger partial charge in [0.15, 0.2) is 5.84 Å².